The predicted molar refractivity (Wildman–Crippen MR) is 81.7 cm³/mol. The van der Waals surface area contributed by atoms with Gasteiger partial charge in [-0.1, -0.05) is 0 Å². The van der Waals surface area contributed by atoms with E-state index in [4.69, 9.17) is 0 Å². The normalized spacial score (nSPS) is 10.7. The Balaban J connectivity index is 1.90. The quantitative estimate of drug-likeness (QED) is 0.805. The van der Waals surface area contributed by atoms with Crippen LogP contribution in [0.5, 0.6) is 0 Å². The molecule has 0 fully saturated rings. The number of aromatic nitrogens is 3. The van der Waals surface area contributed by atoms with Gasteiger partial charge in [-0.25, -0.2) is 14.4 Å². The summed E-state index contributed by atoms with van der Waals surface area (Å²) in [5.41, 5.74) is 1.81. The molecule has 0 saturated carbocycles. The average molecular weight is 299 g/mol. The predicted octanol–water partition coefficient (Wildman–Crippen LogP) is 2.19. The molecular formula is C15H14FN5O. The van der Waals surface area contributed by atoms with Gasteiger partial charge in [0.15, 0.2) is 11.6 Å². The first-order chi connectivity index (χ1) is 10.5. The van der Waals surface area contributed by atoms with Crippen molar-refractivity contribution in [3.8, 4) is 0 Å². The molecular weight excluding hydrogens is 285 g/mol. The fourth-order valence-electron chi connectivity index (χ4n) is 2.00. The number of nitrogens with zero attached hydrogens (tertiary/aromatic N) is 4. The van der Waals surface area contributed by atoms with Crippen LogP contribution in [0.1, 0.15) is 10.5 Å². The van der Waals surface area contributed by atoms with Gasteiger partial charge in [-0.05, 0) is 24.3 Å². The number of carbonyl (C=O) groups is 1. The summed E-state index contributed by atoms with van der Waals surface area (Å²) in [6.45, 7) is 0. The number of hydrogen-bond donors (Lipinski definition) is 1. The molecule has 0 radical (unpaired) electrons. The summed E-state index contributed by atoms with van der Waals surface area (Å²) in [5.74, 6) is -1.21. The summed E-state index contributed by atoms with van der Waals surface area (Å²) < 4.78 is 15.3. The number of hydrogen-bond acceptors (Lipinski definition) is 4. The zero-order chi connectivity index (χ0) is 15.7. The fraction of sp³-hybridized carbons (Fsp3) is 0.133. The Labute approximate surface area is 126 Å². The van der Waals surface area contributed by atoms with E-state index < -0.39 is 11.7 Å². The molecule has 1 N–H and O–H groups in total. The third kappa shape index (κ3) is 2.60. The zero-order valence-electron chi connectivity index (χ0n) is 12.1. The number of fused-ring (bicyclic) bond motifs is 1. The maximum absolute atomic E-state index is 13.5. The number of halogens is 1. The molecule has 3 heterocycles. The first kappa shape index (κ1) is 14.0. The molecule has 112 valence electrons. The molecule has 3 rings (SSSR count). The Morgan fingerprint density at radius 2 is 2.09 bits per heavy atom. The van der Waals surface area contributed by atoms with Gasteiger partial charge in [0.25, 0.3) is 5.91 Å². The molecule has 0 aliphatic rings. The Morgan fingerprint density at radius 3 is 2.82 bits per heavy atom. The third-order valence-corrected chi connectivity index (χ3v) is 3.17. The van der Waals surface area contributed by atoms with Gasteiger partial charge in [0.05, 0.1) is 5.69 Å². The van der Waals surface area contributed by atoms with Crippen LogP contribution in [0.2, 0.25) is 0 Å². The second-order valence-corrected chi connectivity index (χ2v) is 4.96. The van der Waals surface area contributed by atoms with Crippen LogP contribution < -0.4 is 10.2 Å². The minimum atomic E-state index is -0.588. The maximum Gasteiger partial charge on any atom is 0.277 e. The standard InChI is InChI=1S/C15H14FN5O/c1-20(2)10-5-6-13-18-12(9-21(13)8-10)15(22)19-14-11(16)4-3-7-17-14/h3-9H,1-2H3,(H,17,19,22). The highest BCUT2D eigenvalue weighted by Gasteiger charge is 2.14. The van der Waals surface area contributed by atoms with Crippen molar-refractivity contribution in [2.75, 3.05) is 24.3 Å². The monoisotopic (exact) mass is 299 g/mol. The van der Waals surface area contributed by atoms with E-state index in [1.807, 2.05) is 37.3 Å². The van der Waals surface area contributed by atoms with E-state index in [1.165, 1.54) is 18.3 Å². The summed E-state index contributed by atoms with van der Waals surface area (Å²) >= 11 is 0. The lowest BCUT2D eigenvalue weighted by atomic mass is 10.4. The first-order valence-electron chi connectivity index (χ1n) is 6.62. The van der Waals surface area contributed by atoms with E-state index >= 15 is 0 Å². The molecule has 0 aliphatic heterocycles. The van der Waals surface area contributed by atoms with Crippen LogP contribution in [0.3, 0.4) is 0 Å². The van der Waals surface area contributed by atoms with E-state index in [0.29, 0.717) is 5.65 Å². The molecule has 1 amide bonds. The number of pyridine rings is 2. The van der Waals surface area contributed by atoms with E-state index in [0.717, 1.165) is 5.69 Å². The second-order valence-electron chi connectivity index (χ2n) is 4.96. The van der Waals surface area contributed by atoms with Gasteiger partial charge in [0, 0.05) is 32.7 Å². The summed E-state index contributed by atoms with van der Waals surface area (Å²) in [6.07, 6.45) is 4.87. The second kappa shape index (κ2) is 5.44. The molecule has 0 aromatic carbocycles. The minimum absolute atomic E-state index is 0.112. The van der Waals surface area contributed by atoms with Crippen LogP contribution >= 0.6 is 0 Å². The van der Waals surface area contributed by atoms with Crippen molar-refractivity contribution in [3.63, 3.8) is 0 Å². The minimum Gasteiger partial charge on any atom is -0.376 e. The van der Waals surface area contributed by atoms with Gasteiger partial charge in [0.1, 0.15) is 11.3 Å². The fourth-order valence-corrected chi connectivity index (χ4v) is 2.00. The van der Waals surface area contributed by atoms with Gasteiger partial charge in [-0.3, -0.25) is 4.79 Å². The van der Waals surface area contributed by atoms with Gasteiger partial charge in [0.2, 0.25) is 0 Å². The lowest BCUT2D eigenvalue weighted by Crippen LogP contribution is -2.14. The van der Waals surface area contributed by atoms with Crippen LogP contribution in [0.15, 0.2) is 42.9 Å². The van der Waals surface area contributed by atoms with Crippen LogP contribution in [0, 0.1) is 5.82 Å². The number of rotatable bonds is 3. The lowest BCUT2D eigenvalue weighted by molar-refractivity contribution is 0.102. The maximum atomic E-state index is 13.5. The highest BCUT2D eigenvalue weighted by atomic mass is 19.1. The molecule has 0 aliphatic carbocycles. The first-order valence-corrected chi connectivity index (χ1v) is 6.62. The smallest absolute Gasteiger partial charge is 0.277 e. The van der Waals surface area contributed by atoms with Gasteiger partial charge < -0.3 is 14.6 Å². The summed E-state index contributed by atoms with van der Waals surface area (Å²) in [5, 5.41) is 2.41. The number of nitrogens with one attached hydrogen (secondary N) is 1. The van der Waals surface area contributed by atoms with Gasteiger partial charge >= 0.3 is 0 Å². The molecule has 0 unspecified atom stereocenters. The van der Waals surface area contributed by atoms with Crippen LogP contribution in [-0.4, -0.2) is 34.4 Å². The molecule has 3 aromatic rings. The van der Waals surface area contributed by atoms with Crippen molar-refractivity contribution in [2.24, 2.45) is 0 Å². The van der Waals surface area contributed by atoms with Crippen molar-refractivity contribution in [3.05, 3.63) is 54.4 Å². The molecule has 22 heavy (non-hydrogen) atoms. The number of imidazole rings is 1. The van der Waals surface area contributed by atoms with E-state index in [9.17, 15) is 9.18 Å². The zero-order valence-corrected chi connectivity index (χ0v) is 12.1. The Hall–Kier alpha value is -2.96. The van der Waals surface area contributed by atoms with E-state index in [-0.39, 0.29) is 11.5 Å². The molecule has 0 atom stereocenters. The molecule has 0 bridgehead atoms. The van der Waals surface area contributed by atoms with Crippen molar-refractivity contribution >= 4 is 23.1 Å². The topological polar surface area (TPSA) is 62.5 Å². The summed E-state index contributed by atoms with van der Waals surface area (Å²) in [6, 6.07) is 6.41. The van der Waals surface area contributed by atoms with Crippen molar-refractivity contribution in [1.29, 1.82) is 0 Å². The molecule has 6 nitrogen and oxygen atoms in total. The van der Waals surface area contributed by atoms with Crippen molar-refractivity contribution in [1.82, 2.24) is 14.4 Å². The SMILES string of the molecule is CN(C)c1ccc2nc(C(=O)Nc3ncccc3F)cn2c1. The number of amides is 1. The third-order valence-electron chi connectivity index (χ3n) is 3.17. The largest absolute Gasteiger partial charge is 0.376 e. The highest BCUT2D eigenvalue weighted by molar-refractivity contribution is 6.02. The van der Waals surface area contributed by atoms with Crippen LogP contribution in [0.4, 0.5) is 15.9 Å². The summed E-state index contributed by atoms with van der Waals surface area (Å²) in [7, 11) is 3.85. The molecule has 0 saturated heterocycles. The Morgan fingerprint density at radius 1 is 1.27 bits per heavy atom. The Kier molecular flexibility index (Phi) is 3.46. The van der Waals surface area contributed by atoms with Gasteiger partial charge in [-0.2, -0.15) is 0 Å². The number of anilines is 2. The lowest BCUT2D eigenvalue weighted by Gasteiger charge is -2.11. The van der Waals surface area contributed by atoms with Crippen LogP contribution in [0.25, 0.3) is 5.65 Å². The van der Waals surface area contributed by atoms with Crippen LogP contribution in [-0.2, 0) is 0 Å². The van der Waals surface area contributed by atoms with Gasteiger partial charge in [-0.15, -0.1) is 0 Å². The Bertz CT molecular complexity index is 843. The molecule has 7 heteroatoms. The highest BCUT2D eigenvalue weighted by Crippen LogP contribution is 2.15. The number of carbonyl (C=O) groups excluding carboxylic acids is 1. The average Bonchev–Trinajstić information content (AvgIpc) is 2.92. The van der Waals surface area contributed by atoms with Crippen molar-refractivity contribution < 1.29 is 9.18 Å². The molecule has 0 spiro atoms. The van der Waals surface area contributed by atoms with E-state index in [1.54, 1.807) is 10.6 Å². The summed E-state index contributed by atoms with van der Waals surface area (Å²) in [4.78, 5) is 22.1. The van der Waals surface area contributed by atoms with E-state index in [2.05, 4.69) is 15.3 Å². The van der Waals surface area contributed by atoms with Crippen molar-refractivity contribution in [2.45, 2.75) is 0 Å². The molecule has 3 aromatic heterocycles.